The molecule has 0 aromatic carbocycles. The Morgan fingerprint density at radius 1 is 0.486 bits per heavy atom. The van der Waals surface area contributed by atoms with Crippen molar-refractivity contribution in [1.29, 1.82) is 0 Å². The van der Waals surface area contributed by atoms with Crippen LogP contribution in [0, 0.1) is 88.8 Å². The number of ether oxygens (including phenoxy) is 3. The minimum Gasteiger partial charge on any atom is -0.469 e. The number of hydrogen-bond donors (Lipinski definition) is 0. The highest BCUT2D eigenvalue weighted by molar-refractivity contribution is 5.74. The van der Waals surface area contributed by atoms with Gasteiger partial charge in [0.15, 0.2) is 0 Å². The summed E-state index contributed by atoms with van der Waals surface area (Å²) < 4.78 is 15.7. The van der Waals surface area contributed by atoms with Crippen LogP contribution in [0.25, 0.3) is 0 Å². The summed E-state index contributed by atoms with van der Waals surface area (Å²) in [5, 5.41) is 0. The first-order valence-corrected chi connectivity index (χ1v) is 14.0. The second-order valence-electron chi connectivity index (χ2n) is 13.1. The number of carbonyl (C=O) groups is 3. The van der Waals surface area contributed by atoms with Crippen molar-refractivity contribution in [2.24, 2.45) is 88.8 Å². The van der Waals surface area contributed by atoms with Crippen LogP contribution in [-0.4, -0.2) is 39.2 Å². The lowest BCUT2D eigenvalue weighted by molar-refractivity contribution is -0.152. The second-order valence-corrected chi connectivity index (χ2v) is 13.1. The molecule has 15 unspecified atom stereocenters. The topological polar surface area (TPSA) is 78.9 Å². The largest absolute Gasteiger partial charge is 0.469 e. The molecule has 0 aromatic rings. The van der Waals surface area contributed by atoms with E-state index in [1.54, 1.807) is 0 Å². The van der Waals surface area contributed by atoms with Crippen molar-refractivity contribution < 1.29 is 28.6 Å². The molecule has 15 atom stereocenters. The summed E-state index contributed by atoms with van der Waals surface area (Å²) >= 11 is 0. The molecule has 0 aromatic heterocycles. The van der Waals surface area contributed by atoms with Crippen molar-refractivity contribution >= 4 is 17.9 Å². The Hall–Kier alpha value is -1.59. The highest BCUT2D eigenvalue weighted by Crippen LogP contribution is 2.71. The molecule has 6 heteroatoms. The van der Waals surface area contributed by atoms with E-state index in [4.69, 9.17) is 14.2 Å². The molecule has 0 saturated heterocycles. The molecule has 6 fully saturated rings. The fourth-order valence-corrected chi connectivity index (χ4v) is 11.5. The lowest BCUT2D eigenvalue weighted by Gasteiger charge is -2.49. The summed E-state index contributed by atoms with van der Waals surface area (Å²) in [6.45, 7) is 4.79. The van der Waals surface area contributed by atoms with E-state index >= 15 is 0 Å². The molecule has 0 amide bonds. The lowest BCUT2D eigenvalue weighted by atomic mass is 9.55. The molecule has 6 saturated carbocycles. The smallest absolute Gasteiger partial charge is 0.308 e. The standard InChI is InChI=1S/C29H42O6/c1-12-14-6-18(21(7-14)28(31)34-4)24(12)25-16-9-19(22(11-16)29(32)35-5)26(25)23-13(2)17-8-15(23)10-20(17)27(30)33-3/h12-26H,6-11H2,1-5H3. The average molecular weight is 487 g/mol. The molecule has 6 nitrogen and oxygen atoms in total. The molecule has 194 valence electrons. The van der Waals surface area contributed by atoms with Crippen molar-refractivity contribution in [2.45, 2.75) is 52.4 Å². The molecule has 6 aliphatic carbocycles. The molecule has 0 radical (unpaired) electrons. The molecule has 6 rings (SSSR count). The van der Waals surface area contributed by atoms with Gasteiger partial charge in [-0.2, -0.15) is 0 Å². The number of hydrogen-bond acceptors (Lipinski definition) is 6. The van der Waals surface area contributed by atoms with E-state index in [1.165, 1.54) is 21.3 Å². The minimum absolute atomic E-state index is 0.0132. The molecule has 0 spiro atoms. The number of carbonyl (C=O) groups excluding carboxylic acids is 3. The zero-order chi connectivity index (χ0) is 24.8. The fraction of sp³-hybridized carbons (Fsp3) is 0.897. The van der Waals surface area contributed by atoms with Crippen LogP contribution in [-0.2, 0) is 28.6 Å². The van der Waals surface area contributed by atoms with Gasteiger partial charge in [-0.3, -0.25) is 14.4 Å². The number of methoxy groups -OCH3 is 3. The Labute approximate surface area is 209 Å². The van der Waals surface area contributed by atoms with E-state index in [2.05, 4.69) is 13.8 Å². The van der Waals surface area contributed by atoms with Crippen molar-refractivity contribution in [2.75, 3.05) is 21.3 Å². The van der Waals surface area contributed by atoms with Gasteiger partial charge in [-0.15, -0.1) is 0 Å². The first-order chi connectivity index (χ1) is 16.8. The Balaban J connectivity index is 1.33. The zero-order valence-electron chi connectivity index (χ0n) is 21.9. The summed E-state index contributed by atoms with van der Waals surface area (Å²) in [5.74, 6) is 6.15. The Kier molecular flexibility index (Phi) is 5.76. The van der Waals surface area contributed by atoms with Crippen molar-refractivity contribution in [1.82, 2.24) is 0 Å². The second kappa shape index (κ2) is 8.48. The predicted molar refractivity (Wildman–Crippen MR) is 127 cm³/mol. The van der Waals surface area contributed by atoms with Crippen LogP contribution < -0.4 is 0 Å². The van der Waals surface area contributed by atoms with Crippen LogP contribution in [0.1, 0.15) is 52.4 Å². The fourth-order valence-electron chi connectivity index (χ4n) is 11.5. The number of rotatable bonds is 5. The molecule has 0 aliphatic heterocycles. The maximum Gasteiger partial charge on any atom is 0.308 e. The van der Waals surface area contributed by atoms with Gasteiger partial charge in [-0.05, 0) is 110 Å². The number of esters is 3. The minimum atomic E-state index is -0.0395. The van der Waals surface area contributed by atoms with Crippen molar-refractivity contribution in [3.8, 4) is 0 Å². The van der Waals surface area contributed by atoms with E-state index in [1.807, 2.05) is 0 Å². The SMILES string of the molecule is COC(=O)C1CC2CC1C(C)C2C1C2CC(CC2C(=O)OC)C1C1C(C)C2CC(C(=O)OC)C1C2. The van der Waals surface area contributed by atoms with E-state index in [0.29, 0.717) is 71.0 Å². The van der Waals surface area contributed by atoms with Crippen LogP contribution in [0.4, 0.5) is 0 Å². The van der Waals surface area contributed by atoms with Gasteiger partial charge in [0.25, 0.3) is 0 Å². The van der Waals surface area contributed by atoms with Gasteiger partial charge < -0.3 is 14.2 Å². The Bertz CT molecular complexity index is 898. The van der Waals surface area contributed by atoms with Gasteiger partial charge in [-0.25, -0.2) is 0 Å². The summed E-state index contributed by atoms with van der Waals surface area (Å²) in [6, 6.07) is 0. The molecular weight excluding hydrogens is 444 g/mol. The van der Waals surface area contributed by atoms with Gasteiger partial charge in [0.05, 0.1) is 39.1 Å². The maximum atomic E-state index is 12.8. The van der Waals surface area contributed by atoms with E-state index < -0.39 is 0 Å². The molecule has 35 heavy (non-hydrogen) atoms. The lowest BCUT2D eigenvalue weighted by Crippen LogP contribution is -2.48. The highest BCUT2D eigenvalue weighted by Gasteiger charge is 2.67. The van der Waals surface area contributed by atoms with E-state index in [0.717, 1.165) is 38.5 Å². The summed E-state index contributed by atoms with van der Waals surface area (Å²) in [7, 11) is 4.57. The van der Waals surface area contributed by atoms with Crippen molar-refractivity contribution in [3.63, 3.8) is 0 Å². The third-order valence-electron chi connectivity index (χ3n) is 12.5. The first kappa shape index (κ1) is 23.8. The van der Waals surface area contributed by atoms with Crippen LogP contribution in [0.2, 0.25) is 0 Å². The van der Waals surface area contributed by atoms with Crippen LogP contribution in [0.15, 0.2) is 0 Å². The van der Waals surface area contributed by atoms with Gasteiger partial charge in [0, 0.05) is 0 Å². The summed E-state index contributed by atoms with van der Waals surface area (Å²) in [6.07, 6.45) is 6.26. The molecule has 6 bridgehead atoms. The molecule has 6 aliphatic rings. The Morgan fingerprint density at radius 2 is 0.914 bits per heavy atom. The van der Waals surface area contributed by atoms with Crippen LogP contribution >= 0.6 is 0 Å². The third-order valence-corrected chi connectivity index (χ3v) is 12.5. The summed E-state index contributed by atoms with van der Waals surface area (Å²) in [5.41, 5.74) is 0. The molecule has 0 heterocycles. The van der Waals surface area contributed by atoms with Gasteiger partial charge in [0.2, 0.25) is 0 Å². The predicted octanol–water partition coefficient (Wildman–Crippen LogP) is 4.21. The van der Waals surface area contributed by atoms with Crippen LogP contribution in [0.5, 0.6) is 0 Å². The zero-order valence-corrected chi connectivity index (χ0v) is 21.9. The van der Waals surface area contributed by atoms with E-state index in [-0.39, 0.29) is 35.7 Å². The normalized spacial score (nSPS) is 53.2. The monoisotopic (exact) mass is 486 g/mol. The van der Waals surface area contributed by atoms with E-state index in [9.17, 15) is 14.4 Å². The molecular formula is C29H42O6. The third kappa shape index (κ3) is 3.22. The van der Waals surface area contributed by atoms with Gasteiger partial charge in [0.1, 0.15) is 0 Å². The highest BCUT2D eigenvalue weighted by atomic mass is 16.5. The van der Waals surface area contributed by atoms with Gasteiger partial charge in [-0.1, -0.05) is 13.8 Å². The maximum absolute atomic E-state index is 12.8. The van der Waals surface area contributed by atoms with Crippen LogP contribution in [0.3, 0.4) is 0 Å². The van der Waals surface area contributed by atoms with Gasteiger partial charge >= 0.3 is 17.9 Å². The average Bonchev–Trinajstić information content (AvgIpc) is 3.69. The van der Waals surface area contributed by atoms with Crippen molar-refractivity contribution in [3.05, 3.63) is 0 Å². The summed E-state index contributed by atoms with van der Waals surface area (Å²) in [4.78, 5) is 38.0. The number of fused-ring (bicyclic) bond motifs is 6. The Morgan fingerprint density at radius 3 is 1.43 bits per heavy atom. The first-order valence-electron chi connectivity index (χ1n) is 14.0. The quantitative estimate of drug-likeness (QED) is 0.428. The molecule has 0 N–H and O–H groups in total.